The molecule has 0 spiro atoms. The van der Waals surface area contributed by atoms with Crippen LogP contribution >= 0.6 is 0 Å². The third-order valence-corrected chi connectivity index (χ3v) is 3.64. The molecule has 80 valence electrons. The summed E-state index contributed by atoms with van der Waals surface area (Å²) in [5.74, 6) is 2.80. The van der Waals surface area contributed by atoms with Crippen LogP contribution in [0.25, 0.3) is 0 Å². The summed E-state index contributed by atoms with van der Waals surface area (Å²) >= 11 is 0. The van der Waals surface area contributed by atoms with Crippen molar-refractivity contribution >= 4 is 0 Å². The fourth-order valence-electron chi connectivity index (χ4n) is 2.18. The zero-order valence-electron chi connectivity index (χ0n) is 10.3. The first-order valence-electron chi connectivity index (χ1n) is 6.17. The molecular weight excluding hydrogens is 156 g/mol. The Bertz CT molecular complexity index is 96.6. The molecule has 0 radical (unpaired) electrons. The van der Waals surface area contributed by atoms with Gasteiger partial charge in [0.2, 0.25) is 0 Å². The van der Waals surface area contributed by atoms with Gasteiger partial charge >= 0.3 is 0 Å². The second-order valence-electron chi connectivity index (χ2n) is 4.58. The van der Waals surface area contributed by atoms with Gasteiger partial charge in [-0.05, 0) is 24.2 Å². The van der Waals surface area contributed by atoms with E-state index in [1.807, 2.05) is 0 Å². The first kappa shape index (κ1) is 13.0. The van der Waals surface area contributed by atoms with Crippen LogP contribution in [0.3, 0.4) is 0 Å². The molecule has 2 atom stereocenters. The Balaban J connectivity index is 4.01. The lowest BCUT2D eigenvalue weighted by molar-refractivity contribution is 0.223. The van der Waals surface area contributed by atoms with Gasteiger partial charge in [0.1, 0.15) is 0 Å². The quantitative estimate of drug-likeness (QED) is 0.528. The maximum Gasteiger partial charge on any atom is -0.0363 e. The fraction of sp³-hybridized carbons (Fsp3) is 1.00. The molecule has 0 aromatic rings. The minimum Gasteiger partial charge on any atom is -0.0654 e. The van der Waals surface area contributed by atoms with E-state index < -0.39 is 0 Å². The summed E-state index contributed by atoms with van der Waals surface area (Å²) in [6, 6.07) is 0. The molecule has 2 unspecified atom stereocenters. The van der Waals surface area contributed by atoms with Gasteiger partial charge in [-0.1, -0.05) is 60.3 Å². The van der Waals surface area contributed by atoms with Crippen LogP contribution in [0.15, 0.2) is 0 Å². The van der Waals surface area contributed by atoms with Crippen LogP contribution < -0.4 is 0 Å². The zero-order valence-corrected chi connectivity index (χ0v) is 10.3. The molecule has 0 saturated carbocycles. The molecule has 0 fully saturated rings. The molecule has 0 bridgehead atoms. The van der Waals surface area contributed by atoms with Gasteiger partial charge in [-0.15, -0.1) is 0 Å². The summed E-state index contributed by atoms with van der Waals surface area (Å²) in [6.45, 7) is 11.8. The Labute approximate surface area is 85.1 Å². The van der Waals surface area contributed by atoms with Gasteiger partial charge in [-0.3, -0.25) is 0 Å². The van der Waals surface area contributed by atoms with Gasteiger partial charge in [0.05, 0.1) is 0 Å². The predicted octanol–water partition coefficient (Wildman–Crippen LogP) is 4.89. The summed E-state index contributed by atoms with van der Waals surface area (Å²) in [5.41, 5.74) is 0. The third-order valence-electron chi connectivity index (χ3n) is 3.64. The maximum absolute atomic E-state index is 2.42. The van der Waals surface area contributed by atoms with Crippen molar-refractivity contribution in [3.63, 3.8) is 0 Å². The van der Waals surface area contributed by atoms with Crippen molar-refractivity contribution in [2.45, 2.75) is 66.7 Å². The van der Waals surface area contributed by atoms with Crippen LogP contribution in [0, 0.1) is 17.8 Å². The Kier molecular flexibility index (Phi) is 7.41. The highest BCUT2D eigenvalue weighted by Gasteiger charge is 2.20. The molecule has 0 saturated heterocycles. The molecule has 0 aliphatic rings. The van der Waals surface area contributed by atoms with Gasteiger partial charge in [0.25, 0.3) is 0 Å². The van der Waals surface area contributed by atoms with Crippen molar-refractivity contribution in [2.75, 3.05) is 0 Å². The van der Waals surface area contributed by atoms with Crippen molar-refractivity contribution in [3.8, 4) is 0 Å². The van der Waals surface area contributed by atoms with Crippen LogP contribution in [0.2, 0.25) is 0 Å². The van der Waals surface area contributed by atoms with Crippen LogP contribution in [0.5, 0.6) is 0 Å². The lowest BCUT2D eigenvalue weighted by Gasteiger charge is -2.28. The van der Waals surface area contributed by atoms with Crippen LogP contribution in [-0.2, 0) is 0 Å². The number of rotatable bonds is 7. The molecule has 0 rings (SSSR count). The van der Waals surface area contributed by atoms with E-state index in [4.69, 9.17) is 0 Å². The van der Waals surface area contributed by atoms with Gasteiger partial charge in [-0.25, -0.2) is 0 Å². The lowest BCUT2D eigenvalue weighted by Crippen LogP contribution is -2.19. The molecular formula is C13H28. The fourth-order valence-corrected chi connectivity index (χ4v) is 2.18. The molecule has 0 aromatic heterocycles. The summed E-state index contributed by atoms with van der Waals surface area (Å²) in [7, 11) is 0. The first-order chi connectivity index (χ1) is 6.17. The van der Waals surface area contributed by atoms with Gasteiger partial charge in [-0.2, -0.15) is 0 Å². The molecule has 0 heteroatoms. The van der Waals surface area contributed by atoms with Crippen molar-refractivity contribution in [3.05, 3.63) is 0 Å². The first-order valence-corrected chi connectivity index (χ1v) is 6.17. The summed E-state index contributed by atoms with van der Waals surface area (Å²) < 4.78 is 0. The van der Waals surface area contributed by atoms with E-state index in [9.17, 15) is 0 Å². The second-order valence-corrected chi connectivity index (χ2v) is 4.58. The lowest BCUT2D eigenvalue weighted by atomic mass is 9.78. The van der Waals surface area contributed by atoms with Gasteiger partial charge in [0.15, 0.2) is 0 Å². The van der Waals surface area contributed by atoms with Crippen molar-refractivity contribution < 1.29 is 0 Å². The number of hydrogen-bond acceptors (Lipinski definition) is 0. The summed E-state index contributed by atoms with van der Waals surface area (Å²) in [4.78, 5) is 0. The van der Waals surface area contributed by atoms with E-state index in [0.29, 0.717) is 0 Å². The second kappa shape index (κ2) is 7.41. The molecule has 0 aliphatic heterocycles. The predicted molar refractivity (Wildman–Crippen MR) is 61.9 cm³/mol. The minimum atomic E-state index is 0.918. The third kappa shape index (κ3) is 4.69. The van der Waals surface area contributed by atoms with Gasteiger partial charge in [0, 0.05) is 0 Å². The molecule has 0 amide bonds. The molecule has 0 nitrogen and oxygen atoms in total. The average Bonchev–Trinajstić information content (AvgIpc) is 2.17. The molecule has 13 heavy (non-hydrogen) atoms. The summed E-state index contributed by atoms with van der Waals surface area (Å²) in [6.07, 6.45) is 6.90. The monoisotopic (exact) mass is 184 g/mol. The zero-order chi connectivity index (χ0) is 10.3. The number of unbranched alkanes of at least 4 members (excludes halogenated alkanes) is 1. The summed E-state index contributed by atoms with van der Waals surface area (Å²) in [5, 5.41) is 0. The van der Waals surface area contributed by atoms with E-state index in [2.05, 4.69) is 34.6 Å². The van der Waals surface area contributed by atoms with Crippen molar-refractivity contribution in [1.29, 1.82) is 0 Å². The Morgan fingerprint density at radius 1 is 0.846 bits per heavy atom. The smallest absolute Gasteiger partial charge is 0.0363 e. The minimum absolute atomic E-state index is 0.918. The molecule has 0 aliphatic carbocycles. The van der Waals surface area contributed by atoms with E-state index >= 15 is 0 Å². The standard InChI is InChI=1S/C13H28/c1-6-9-10-13(11(4)7-2)12(5)8-3/h11-13H,6-10H2,1-5H3. The van der Waals surface area contributed by atoms with Crippen LogP contribution in [0.4, 0.5) is 0 Å². The normalized spacial score (nSPS) is 18.2. The molecule has 0 aromatic carbocycles. The highest BCUT2D eigenvalue weighted by Crippen LogP contribution is 2.30. The number of hydrogen-bond donors (Lipinski definition) is 0. The molecule has 0 heterocycles. The Morgan fingerprint density at radius 3 is 1.62 bits per heavy atom. The van der Waals surface area contributed by atoms with E-state index in [1.165, 1.54) is 32.1 Å². The average molecular weight is 184 g/mol. The SMILES string of the molecule is CCCCC(C(C)CC)C(C)CC. The van der Waals surface area contributed by atoms with Crippen LogP contribution in [-0.4, -0.2) is 0 Å². The highest BCUT2D eigenvalue weighted by atomic mass is 14.3. The van der Waals surface area contributed by atoms with Crippen LogP contribution in [0.1, 0.15) is 66.7 Å². The van der Waals surface area contributed by atoms with Crippen molar-refractivity contribution in [1.82, 2.24) is 0 Å². The molecule has 0 N–H and O–H groups in total. The Morgan fingerprint density at radius 2 is 1.31 bits per heavy atom. The van der Waals surface area contributed by atoms with E-state index in [1.54, 1.807) is 0 Å². The highest BCUT2D eigenvalue weighted by molar-refractivity contribution is 4.70. The largest absolute Gasteiger partial charge is 0.0654 e. The topological polar surface area (TPSA) is 0 Å². The van der Waals surface area contributed by atoms with Gasteiger partial charge < -0.3 is 0 Å². The van der Waals surface area contributed by atoms with Crippen molar-refractivity contribution in [2.24, 2.45) is 17.8 Å². The maximum atomic E-state index is 2.42. The van der Waals surface area contributed by atoms with E-state index in [0.717, 1.165) is 17.8 Å². The van der Waals surface area contributed by atoms with E-state index in [-0.39, 0.29) is 0 Å². The Hall–Kier alpha value is 0.